The summed E-state index contributed by atoms with van der Waals surface area (Å²) in [5.74, 6) is 0.925. The molecule has 5 heteroatoms. The maximum atomic E-state index is 13.6. The molecule has 0 fully saturated rings. The zero-order valence-corrected chi connectivity index (χ0v) is 13.6. The lowest BCUT2D eigenvalue weighted by atomic mass is 10.1. The Labute approximate surface area is 139 Å². The molecular weight excluding hydrogens is 321 g/mol. The van der Waals surface area contributed by atoms with E-state index in [-0.39, 0.29) is 11.7 Å². The summed E-state index contributed by atoms with van der Waals surface area (Å²) in [4.78, 5) is 11.8. The van der Waals surface area contributed by atoms with Crippen LogP contribution in [-0.4, -0.2) is 18.2 Å². The Morgan fingerprint density at radius 2 is 1.91 bits per heavy atom. The predicted molar refractivity (Wildman–Crippen MR) is 90.7 cm³/mol. The number of hydrogen-bond acceptors (Lipinski definition) is 2. The molecule has 2 aromatic carbocycles. The third kappa shape index (κ3) is 5.35. The first kappa shape index (κ1) is 16.8. The van der Waals surface area contributed by atoms with Gasteiger partial charge < -0.3 is 5.32 Å². The fourth-order valence-electron chi connectivity index (χ4n) is 1.95. The van der Waals surface area contributed by atoms with E-state index in [2.05, 4.69) is 5.32 Å². The summed E-state index contributed by atoms with van der Waals surface area (Å²) in [7, 11) is 0. The van der Waals surface area contributed by atoms with E-state index >= 15 is 0 Å². The smallest absolute Gasteiger partial charge is 0.224 e. The van der Waals surface area contributed by atoms with Gasteiger partial charge in [0.05, 0.1) is 6.42 Å². The van der Waals surface area contributed by atoms with Crippen LogP contribution >= 0.6 is 23.4 Å². The van der Waals surface area contributed by atoms with Crippen LogP contribution in [0.25, 0.3) is 0 Å². The first-order valence-corrected chi connectivity index (χ1v) is 8.51. The van der Waals surface area contributed by atoms with Gasteiger partial charge in [0.25, 0.3) is 0 Å². The molecule has 0 unspecified atom stereocenters. The minimum atomic E-state index is -0.284. The number of carbonyl (C=O) groups is 1. The van der Waals surface area contributed by atoms with Crippen molar-refractivity contribution in [3.8, 4) is 0 Å². The van der Waals surface area contributed by atoms with E-state index < -0.39 is 0 Å². The van der Waals surface area contributed by atoms with Gasteiger partial charge in [0.15, 0.2) is 0 Å². The third-order valence-corrected chi connectivity index (χ3v) is 4.42. The SMILES string of the molecule is O=C(Cc1ccccc1)NCCSCc1c(F)cccc1Cl. The molecule has 2 aromatic rings. The number of benzene rings is 2. The lowest BCUT2D eigenvalue weighted by Crippen LogP contribution is -2.27. The van der Waals surface area contributed by atoms with Crippen LogP contribution < -0.4 is 5.32 Å². The number of rotatable bonds is 7. The van der Waals surface area contributed by atoms with Crippen molar-refractivity contribution in [2.75, 3.05) is 12.3 Å². The molecule has 1 amide bonds. The van der Waals surface area contributed by atoms with Crippen LogP contribution in [0.4, 0.5) is 4.39 Å². The highest BCUT2D eigenvalue weighted by molar-refractivity contribution is 7.98. The average Bonchev–Trinajstić information content (AvgIpc) is 2.50. The first-order chi connectivity index (χ1) is 10.7. The van der Waals surface area contributed by atoms with Gasteiger partial charge in [-0.2, -0.15) is 11.8 Å². The molecule has 22 heavy (non-hydrogen) atoms. The van der Waals surface area contributed by atoms with Crippen molar-refractivity contribution in [1.82, 2.24) is 5.32 Å². The van der Waals surface area contributed by atoms with Gasteiger partial charge in [0, 0.05) is 28.6 Å². The van der Waals surface area contributed by atoms with E-state index in [1.165, 1.54) is 6.07 Å². The molecule has 0 saturated heterocycles. The molecule has 0 atom stereocenters. The van der Waals surface area contributed by atoms with Crippen molar-refractivity contribution in [1.29, 1.82) is 0 Å². The summed E-state index contributed by atoms with van der Waals surface area (Å²) in [6, 6.07) is 14.3. The fourth-order valence-corrected chi connectivity index (χ4v) is 3.15. The zero-order chi connectivity index (χ0) is 15.8. The quantitative estimate of drug-likeness (QED) is 0.772. The molecule has 2 nitrogen and oxygen atoms in total. The van der Waals surface area contributed by atoms with E-state index in [9.17, 15) is 9.18 Å². The molecule has 0 spiro atoms. The summed E-state index contributed by atoms with van der Waals surface area (Å²) < 4.78 is 13.6. The zero-order valence-electron chi connectivity index (χ0n) is 12.0. The van der Waals surface area contributed by atoms with Crippen molar-refractivity contribution in [3.05, 3.63) is 70.5 Å². The number of amides is 1. The molecule has 1 N–H and O–H groups in total. The van der Waals surface area contributed by atoms with E-state index in [1.807, 2.05) is 30.3 Å². The Bertz CT molecular complexity index is 601. The van der Waals surface area contributed by atoms with Crippen molar-refractivity contribution in [2.24, 2.45) is 0 Å². The van der Waals surface area contributed by atoms with Crippen LogP contribution in [0.2, 0.25) is 5.02 Å². The molecular formula is C17H17ClFNOS. The van der Waals surface area contributed by atoms with Gasteiger partial charge in [-0.3, -0.25) is 4.79 Å². The highest BCUT2D eigenvalue weighted by Gasteiger charge is 2.07. The van der Waals surface area contributed by atoms with E-state index in [1.54, 1.807) is 23.9 Å². The molecule has 116 valence electrons. The van der Waals surface area contributed by atoms with E-state index in [4.69, 9.17) is 11.6 Å². The van der Waals surface area contributed by atoms with Crippen LogP contribution in [0.5, 0.6) is 0 Å². The summed E-state index contributed by atoms with van der Waals surface area (Å²) >= 11 is 7.50. The van der Waals surface area contributed by atoms with Crippen molar-refractivity contribution in [3.63, 3.8) is 0 Å². The van der Waals surface area contributed by atoms with Crippen molar-refractivity contribution in [2.45, 2.75) is 12.2 Å². The molecule has 0 heterocycles. The summed E-state index contributed by atoms with van der Waals surface area (Å²) in [5.41, 5.74) is 1.51. The molecule has 0 aromatic heterocycles. The Morgan fingerprint density at radius 3 is 2.64 bits per heavy atom. The molecule has 0 aliphatic rings. The van der Waals surface area contributed by atoms with Crippen molar-refractivity contribution >= 4 is 29.3 Å². The second-order valence-corrected chi connectivity index (χ2v) is 6.28. The highest BCUT2D eigenvalue weighted by Crippen LogP contribution is 2.23. The standard InChI is InChI=1S/C17H17ClFNOS/c18-15-7-4-8-16(19)14(15)12-22-10-9-20-17(21)11-13-5-2-1-3-6-13/h1-8H,9-12H2,(H,20,21). The van der Waals surface area contributed by atoms with Crippen LogP contribution in [0.15, 0.2) is 48.5 Å². The average molecular weight is 338 g/mol. The fraction of sp³-hybridized carbons (Fsp3) is 0.235. The van der Waals surface area contributed by atoms with Gasteiger partial charge in [-0.1, -0.05) is 48.0 Å². The topological polar surface area (TPSA) is 29.1 Å². The molecule has 0 aliphatic heterocycles. The summed E-state index contributed by atoms with van der Waals surface area (Å²) in [6.07, 6.45) is 0.380. The summed E-state index contributed by atoms with van der Waals surface area (Å²) in [6.45, 7) is 0.558. The van der Waals surface area contributed by atoms with Gasteiger partial charge >= 0.3 is 0 Å². The molecule has 0 saturated carbocycles. The van der Waals surface area contributed by atoms with Gasteiger partial charge in [-0.05, 0) is 17.7 Å². The van der Waals surface area contributed by atoms with E-state index in [0.717, 1.165) is 5.56 Å². The first-order valence-electron chi connectivity index (χ1n) is 6.98. The molecule has 0 radical (unpaired) electrons. The van der Waals surface area contributed by atoms with Gasteiger partial charge in [0.1, 0.15) is 5.82 Å². The number of thioether (sulfide) groups is 1. The number of carbonyl (C=O) groups excluding carboxylic acids is 1. The number of hydrogen-bond donors (Lipinski definition) is 1. The van der Waals surface area contributed by atoms with Crippen LogP contribution in [0.1, 0.15) is 11.1 Å². The lowest BCUT2D eigenvalue weighted by Gasteiger charge is -2.07. The normalized spacial score (nSPS) is 10.5. The Hall–Kier alpha value is -1.52. The predicted octanol–water partition coefficient (Wildman–Crippen LogP) is 4.07. The Kier molecular flexibility index (Phi) is 6.74. The Balaban J connectivity index is 1.66. The highest BCUT2D eigenvalue weighted by atomic mass is 35.5. The molecule has 0 bridgehead atoms. The van der Waals surface area contributed by atoms with Crippen LogP contribution in [0, 0.1) is 5.82 Å². The largest absolute Gasteiger partial charge is 0.355 e. The number of nitrogens with one attached hydrogen (secondary N) is 1. The Morgan fingerprint density at radius 1 is 1.14 bits per heavy atom. The molecule has 0 aliphatic carbocycles. The maximum Gasteiger partial charge on any atom is 0.224 e. The van der Waals surface area contributed by atoms with Crippen LogP contribution in [-0.2, 0) is 17.0 Å². The maximum absolute atomic E-state index is 13.6. The lowest BCUT2D eigenvalue weighted by molar-refractivity contribution is -0.120. The second-order valence-electron chi connectivity index (χ2n) is 4.77. The van der Waals surface area contributed by atoms with Gasteiger partial charge in [-0.25, -0.2) is 4.39 Å². The minimum Gasteiger partial charge on any atom is -0.355 e. The number of halogens is 2. The second kappa shape index (κ2) is 8.81. The van der Waals surface area contributed by atoms with Crippen molar-refractivity contribution < 1.29 is 9.18 Å². The van der Waals surface area contributed by atoms with Gasteiger partial charge in [-0.15, -0.1) is 0 Å². The van der Waals surface area contributed by atoms with Gasteiger partial charge in [0.2, 0.25) is 5.91 Å². The monoisotopic (exact) mass is 337 g/mol. The minimum absolute atomic E-state index is 0.00396. The van der Waals surface area contributed by atoms with E-state index in [0.29, 0.717) is 35.1 Å². The third-order valence-electron chi connectivity index (χ3n) is 3.08. The summed E-state index contributed by atoms with van der Waals surface area (Å²) in [5, 5.41) is 3.31. The van der Waals surface area contributed by atoms with Crippen LogP contribution in [0.3, 0.4) is 0 Å². The molecule has 2 rings (SSSR count).